The van der Waals surface area contributed by atoms with Crippen molar-refractivity contribution < 1.29 is 0 Å². The quantitative estimate of drug-likeness (QED) is 0.853. The molecule has 0 spiro atoms. The van der Waals surface area contributed by atoms with Gasteiger partial charge in [0, 0.05) is 35.9 Å². The van der Waals surface area contributed by atoms with Crippen molar-refractivity contribution in [3.8, 4) is 0 Å². The maximum Gasteiger partial charge on any atom is 0.0516 e. The van der Waals surface area contributed by atoms with E-state index < -0.39 is 0 Å². The van der Waals surface area contributed by atoms with E-state index in [9.17, 15) is 0 Å². The highest BCUT2D eigenvalue weighted by Gasteiger charge is 2.23. The van der Waals surface area contributed by atoms with Gasteiger partial charge in [0.1, 0.15) is 0 Å². The van der Waals surface area contributed by atoms with Gasteiger partial charge in [-0.3, -0.25) is 4.90 Å². The zero-order valence-electron chi connectivity index (χ0n) is 8.29. The van der Waals surface area contributed by atoms with Gasteiger partial charge in [-0.05, 0) is 12.6 Å². The van der Waals surface area contributed by atoms with Crippen LogP contribution in [0.15, 0.2) is 11.4 Å². The number of rotatable bonds is 4. The van der Waals surface area contributed by atoms with E-state index >= 15 is 0 Å². The summed E-state index contributed by atoms with van der Waals surface area (Å²) in [7, 11) is 0. The molecule has 0 atom stereocenters. The topological polar surface area (TPSA) is 15.3 Å². The van der Waals surface area contributed by atoms with E-state index in [2.05, 4.69) is 23.2 Å². The van der Waals surface area contributed by atoms with Crippen LogP contribution in [0.5, 0.6) is 0 Å². The Kier molecular flexibility index (Phi) is 3.44. The molecule has 0 aromatic carbocycles. The van der Waals surface area contributed by atoms with Crippen molar-refractivity contribution in [3.63, 3.8) is 0 Å². The van der Waals surface area contributed by atoms with Gasteiger partial charge in [-0.25, -0.2) is 0 Å². The average molecular weight is 231 g/mol. The third kappa shape index (κ3) is 2.28. The van der Waals surface area contributed by atoms with Crippen molar-refractivity contribution in [1.82, 2.24) is 10.2 Å². The minimum atomic E-state index is 0.723. The molecule has 1 aromatic heterocycles. The van der Waals surface area contributed by atoms with Crippen LogP contribution in [0, 0.1) is 0 Å². The average Bonchev–Trinajstić information content (AvgIpc) is 2.47. The van der Waals surface area contributed by atoms with Crippen LogP contribution in [0.4, 0.5) is 0 Å². The Morgan fingerprint density at radius 1 is 1.64 bits per heavy atom. The molecular weight excluding hydrogens is 216 g/mol. The minimum Gasteiger partial charge on any atom is -0.314 e. The summed E-state index contributed by atoms with van der Waals surface area (Å²) in [5.41, 5.74) is 0. The Morgan fingerprint density at radius 3 is 2.86 bits per heavy atom. The fourth-order valence-corrected chi connectivity index (χ4v) is 2.77. The fourth-order valence-electron chi connectivity index (χ4n) is 1.67. The molecule has 78 valence electrons. The molecule has 0 aliphatic carbocycles. The molecule has 2 heterocycles. The Bertz CT molecular complexity index is 296. The molecule has 2 nitrogen and oxygen atoms in total. The maximum absolute atomic E-state index is 5.89. The molecule has 0 saturated carbocycles. The molecule has 1 fully saturated rings. The van der Waals surface area contributed by atoms with Crippen molar-refractivity contribution in [2.75, 3.05) is 19.6 Å². The summed E-state index contributed by atoms with van der Waals surface area (Å²) in [4.78, 5) is 3.86. The molecule has 1 saturated heterocycles. The van der Waals surface area contributed by atoms with Gasteiger partial charge >= 0.3 is 0 Å². The highest BCUT2D eigenvalue weighted by Crippen LogP contribution is 2.21. The first-order valence-corrected chi connectivity index (χ1v) is 6.23. The highest BCUT2D eigenvalue weighted by molar-refractivity contribution is 7.10. The lowest BCUT2D eigenvalue weighted by Gasteiger charge is -2.37. The predicted molar refractivity (Wildman–Crippen MR) is 62.1 cm³/mol. The van der Waals surface area contributed by atoms with Crippen LogP contribution in [0.3, 0.4) is 0 Å². The van der Waals surface area contributed by atoms with Crippen LogP contribution in [-0.4, -0.2) is 30.6 Å². The van der Waals surface area contributed by atoms with Crippen LogP contribution >= 0.6 is 22.9 Å². The zero-order chi connectivity index (χ0) is 9.97. The molecule has 0 amide bonds. The van der Waals surface area contributed by atoms with E-state index in [1.165, 1.54) is 4.88 Å². The van der Waals surface area contributed by atoms with Gasteiger partial charge in [-0.1, -0.05) is 18.5 Å². The number of nitrogens with zero attached hydrogens (tertiary/aromatic N) is 1. The van der Waals surface area contributed by atoms with Crippen LogP contribution in [0.2, 0.25) is 5.02 Å². The first kappa shape index (κ1) is 10.4. The standard InChI is InChI=1S/C10H15ClN2S/c1-2-13(9-4-12-5-9)6-10-3-8(11)7-14-10/h3,7,9,12H,2,4-6H2,1H3. The van der Waals surface area contributed by atoms with Crippen LogP contribution < -0.4 is 5.32 Å². The van der Waals surface area contributed by atoms with E-state index in [-0.39, 0.29) is 0 Å². The highest BCUT2D eigenvalue weighted by atomic mass is 35.5. The van der Waals surface area contributed by atoms with E-state index in [4.69, 9.17) is 11.6 Å². The normalized spacial score (nSPS) is 17.4. The summed E-state index contributed by atoms with van der Waals surface area (Å²) in [5, 5.41) is 6.17. The molecule has 4 heteroatoms. The van der Waals surface area contributed by atoms with Crippen molar-refractivity contribution in [3.05, 3.63) is 21.3 Å². The van der Waals surface area contributed by atoms with Crippen LogP contribution in [0.25, 0.3) is 0 Å². The van der Waals surface area contributed by atoms with E-state index in [1.807, 2.05) is 5.38 Å². The largest absolute Gasteiger partial charge is 0.314 e. The lowest BCUT2D eigenvalue weighted by atomic mass is 10.1. The first-order valence-electron chi connectivity index (χ1n) is 4.97. The number of thiophene rings is 1. The molecule has 0 bridgehead atoms. The van der Waals surface area contributed by atoms with Gasteiger partial charge in [0.2, 0.25) is 0 Å². The summed E-state index contributed by atoms with van der Waals surface area (Å²) in [6.45, 7) is 6.63. The Hall–Kier alpha value is -0.0900. The third-order valence-corrected chi connectivity index (χ3v) is 3.93. The van der Waals surface area contributed by atoms with Gasteiger partial charge in [0.25, 0.3) is 0 Å². The minimum absolute atomic E-state index is 0.723. The summed E-state index contributed by atoms with van der Waals surface area (Å²) in [6.07, 6.45) is 0. The summed E-state index contributed by atoms with van der Waals surface area (Å²) in [5.74, 6) is 0. The third-order valence-electron chi connectivity index (χ3n) is 2.66. The SMILES string of the molecule is CCN(Cc1cc(Cl)cs1)C1CNC1. The molecule has 2 rings (SSSR count). The molecule has 1 aromatic rings. The Labute approximate surface area is 93.9 Å². The van der Waals surface area contributed by atoms with E-state index in [1.54, 1.807) is 11.3 Å². The number of nitrogens with one attached hydrogen (secondary N) is 1. The van der Waals surface area contributed by atoms with Crippen molar-refractivity contribution >= 4 is 22.9 Å². The number of halogens is 1. The second-order valence-corrected chi connectivity index (χ2v) is 5.04. The fraction of sp³-hybridized carbons (Fsp3) is 0.600. The van der Waals surface area contributed by atoms with E-state index in [0.717, 1.165) is 37.2 Å². The van der Waals surface area contributed by atoms with Gasteiger partial charge in [0.15, 0.2) is 0 Å². The van der Waals surface area contributed by atoms with Crippen molar-refractivity contribution in [2.45, 2.75) is 19.5 Å². The van der Waals surface area contributed by atoms with Gasteiger partial charge in [-0.2, -0.15) is 0 Å². The molecule has 14 heavy (non-hydrogen) atoms. The number of hydrogen-bond donors (Lipinski definition) is 1. The first-order chi connectivity index (χ1) is 6.79. The molecule has 0 unspecified atom stereocenters. The van der Waals surface area contributed by atoms with Gasteiger partial charge < -0.3 is 5.32 Å². The molecule has 1 N–H and O–H groups in total. The Balaban J connectivity index is 1.93. The van der Waals surface area contributed by atoms with E-state index in [0.29, 0.717) is 0 Å². The number of hydrogen-bond acceptors (Lipinski definition) is 3. The molecular formula is C10H15ClN2S. The summed E-state index contributed by atoms with van der Waals surface area (Å²) in [6, 6.07) is 2.79. The maximum atomic E-state index is 5.89. The van der Waals surface area contributed by atoms with Crippen molar-refractivity contribution in [2.24, 2.45) is 0 Å². The Morgan fingerprint density at radius 2 is 2.43 bits per heavy atom. The number of likely N-dealkylation sites (N-methyl/N-ethyl adjacent to an activating group) is 1. The predicted octanol–water partition coefficient (Wildman–Crippen LogP) is 2.20. The summed E-state index contributed by atoms with van der Waals surface area (Å²) >= 11 is 7.65. The second kappa shape index (κ2) is 4.62. The van der Waals surface area contributed by atoms with Gasteiger partial charge in [0.05, 0.1) is 5.02 Å². The molecule has 1 aliphatic rings. The lowest BCUT2D eigenvalue weighted by Crippen LogP contribution is -2.56. The summed E-state index contributed by atoms with van der Waals surface area (Å²) < 4.78 is 0. The monoisotopic (exact) mass is 230 g/mol. The van der Waals surface area contributed by atoms with Gasteiger partial charge in [-0.15, -0.1) is 11.3 Å². The molecule has 0 radical (unpaired) electrons. The smallest absolute Gasteiger partial charge is 0.0516 e. The lowest BCUT2D eigenvalue weighted by molar-refractivity contribution is 0.146. The van der Waals surface area contributed by atoms with Crippen molar-refractivity contribution in [1.29, 1.82) is 0 Å². The zero-order valence-corrected chi connectivity index (χ0v) is 9.87. The van der Waals surface area contributed by atoms with Crippen LogP contribution in [-0.2, 0) is 6.54 Å². The van der Waals surface area contributed by atoms with Crippen LogP contribution in [0.1, 0.15) is 11.8 Å². The molecule has 1 aliphatic heterocycles. The second-order valence-electron chi connectivity index (χ2n) is 3.61.